The van der Waals surface area contributed by atoms with Gasteiger partial charge < -0.3 is 22.9 Å². The molecule has 0 aromatic rings. The monoisotopic (exact) mass is 244 g/mol. The Morgan fingerprint density at radius 1 is 0.917 bits per heavy atom. The standard InChI is InChI=1S/C10H21.BrH.Mg/c1-7(2)9(5)10(6)8(3)4;;/h7-9H,1-6H3;1H;/q-1;;+2/p-1. The van der Waals surface area contributed by atoms with Gasteiger partial charge in [0.2, 0.25) is 0 Å². The van der Waals surface area contributed by atoms with Crippen molar-refractivity contribution in [2.24, 2.45) is 17.8 Å². The second-order valence-electron chi connectivity index (χ2n) is 3.93. The fraction of sp³-hybridized carbons (Fsp3) is 0.900. The molecule has 0 N–H and O–H groups in total. The topological polar surface area (TPSA) is 0 Å². The van der Waals surface area contributed by atoms with E-state index in [9.17, 15) is 0 Å². The summed E-state index contributed by atoms with van der Waals surface area (Å²) >= 11 is 0. The molecule has 0 spiro atoms. The zero-order valence-corrected chi connectivity index (χ0v) is 12.3. The van der Waals surface area contributed by atoms with Gasteiger partial charge in [-0.25, -0.2) is 0 Å². The molecule has 0 aromatic heterocycles. The van der Waals surface area contributed by atoms with Crippen LogP contribution in [0.1, 0.15) is 41.5 Å². The van der Waals surface area contributed by atoms with Crippen LogP contribution in [0.5, 0.6) is 0 Å². The van der Waals surface area contributed by atoms with Crippen molar-refractivity contribution in [2.45, 2.75) is 41.5 Å². The molecule has 0 aliphatic rings. The molecule has 0 amide bonds. The first kappa shape index (κ1) is 18.9. The molecule has 0 aliphatic heterocycles. The van der Waals surface area contributed by atoms with Gasteiger partial charge in [0.25, 0.3) is 0 Å². The summed E-state index contributed by atoms with van der Waals surface area (Å²) in [6.45, 7) is 13.7. The van der Waals surface area contributed by atoms with Crippen molar-refractivity contribution >= 4 is 23.1 Å². The van der Waals surface area contributed by atoms with Gasteiger partial charge in [0.05, 0.1) is 0 Å². The second kappa shape index (κ2) is 8.83. The van der Waals surface area contributed by atoms with E-state index in [0.717, 1.165) is 17.8 Å². The third-order valence-corrected chi connectivity index (χ3v) is 2.63. The normalized spacial score (nSPS) is 12.8. The summed E-state index contributed by atoms with van der Waals surface area (Å²) in [4.78, 5) is 0. The van der Waals surface area contributed by atoms with Crippen LogP contribution in [-0.2, 0) is 0 Å². The van der Waals surface area contributed by atoms with Gasteiger partial charge in [0.15, 0.2) is 0 Å². The molecule has 2 heteroatoms. The van der Waals surface area contributed by atoms with E-state index in [4.69, 9.17) is 0 Å². The maximum Gasteiger partial charge on any atom is 2.00 e. The van der Waals surface area contributed by atoms with E-state index in [0.29, 0.717) is 0 Å². The minimum Gasteiger partial charge on any atom is -1.00 e. The maximum atomic E-state index is 2.32. The molecule has 0 bridgehead atoms. The Bertz CT molecular complexity index is 79.8. The summed E-state index contributed by atoms with van der Waals surface area (Å²) in [6.07, 6.45) is 0. The molecule has 0 radical (unpaired) electrons. The number of halogens is 1. The second-order valence-corrected chi connectivity index (χ2v) is 3.93. The Balaban J connectivity index is -0.000000405. The van der Waals surface area contributed by atoms with Crippen LogP contribution < -0.4 is 17.0 Å². The fourth-order valence-corrected chi connectivity index (χ4v) is 1.05. The van der Waals surface area contributed by atoms with Crippen LogP contribution in [-0.4, -0.2) is 23.1 Å². The van der Waals surface area contributed by atoms with Gasteiger partial charge in [-0.05, 0) is 0 Å². The summed E-state index contributed by atoms with van der Waals surface area (Å²) in [5, 5.41) is 0. The number of rotatable bonds is 3. The number of hydrogen-bond acceptors (Lipinski definition) is 0. The summed E-state index contributed by atoms with van der Waals surface area (Å²) < 4.78 is 0. The van der Waals surface area contributed by atoms with Crippen molar-refractivity contribution in [3.05, 3.63) is 5.92 Å². The van der Waals surface area contributed by atoms with E-state index in [1.165, 1.54) is 0 Å². The third kappa shape index (κ3) is 6.73. The first-order valence-corrected chi connectivity index (χ1v) is 4.30. The number of hydrogen-bond donors (Lipinski definition) is 0. The van der Waals surface area contributed by atoms with E-state index in [2.05, 4.69) is 41.5 Å². The average Bonchev–Trinajstić information content (AvgIpc) is 1.84. The van der Waals surface area contributed by atoms with Crippen LogP contribution in [0, 0.1) is 23.7 Å². The molecule has 0 saturated heterocycles. The molecule has 70 valence electrons. The van der Waals surface area contributed by atoms with Gasteiger partial charge in [-0.2, -0.15) is 18.8 Å². The first-order chi connectivity index (χ1) is 4.46. The molecule has 0 nitrogen and oxygen atoms in total. The molecule has 0 rings (SSSR count). The molecule has 0 saturated carbocycles. The minimum absolute atomic E-state index is 0. The summed E-state index contributed by atoms with van der Waals surface area (Å²) in [5.74, 6) is 3.95. The Morgan fingerprint density at radius 3 is 1.33 bits per heavy atom. The molecule has 1 atom stereocenters. The van der Waals surface area contributed by atoms with E-state index >= 15 is 0 Å². The molecule has 0 aliphatic carbocycles. The largest absolute Gasteiger partial charge is 2.00 e. The molecule has 0 heterocycles. The van der Waals surface area contributed by atoms with Crippen LogP contribution in [0.3, 0.4) is 0 Å². The van der Waals surface area contributed by atoms with Gasteiger partial charge in [-0.3, -0.25) is 0 Å². The van der Waals surface area contributed by atoms with Gasteiger partial charge in [-0.1, -0.05) is 40.5 Å². The first-order valence-electron chi connectivity index (χ1n) is 4.30. The predicted molar refractivity (Wildman–Crippen MR) is 53.5 cm³/mol. The third-order valence-electron chi connectivity index (χ3n) is 2.63. The van der Waals surface area contributed by atoms with Gasteiger partial charge in [0.1, 0.15) is 0 Å². The van der Waals surface area contributed by atoms with Gasteiger partial charge >= 0.3 is 23.1 Å². The van der Waals surface area contributed by atoms with Crippen molar-refractivity contribution in [1.29, 1.82) is 0 Å². The quantitative estimate of drug-likeness (QED) is 0.491. The van der Waals surface area contributed by atoms with E-state index in [1.54, 1.807) is 5.92 Å². The van der Waals surface area contributed by atoms with Crippen LogP contribution >= 0.6 is 0 Å². The average molecular weight is 245 g/mol. The van der Waals surface area contributed by atoms with Crippen LogP contribution in [0.4, 0.5) is 0 Å². The van der Waals surface area contributed by atoms with Crippen molar-refractivity contribution in [3.8, 4) is 0 Å². The molecule has 0 fully saturated rings. The summed E-state index contributed by atoms with van der Waals surface area (Å²) in [5.41, 5.74) is 0. The molecule has 1 unspecified atom stereocenters. The van der Waals surface area contributed by atoms with Gasteiger partial charge in [-0.15, -0.1) is 0 Å². The maximum absolute atomic E-state index is 2.32. The summed E-state index contributed by atoms with van der Waals surface area (Å²) in [7, 11) is 0. The van der Waals surface area contributed by atoms with E-state index in [-0.39, 0.29) is 40.0 Å². The molecular formula is C10H21BrMg. The zero-order chi connectivity index (χ0) is 8.31. The Labute approximate surface area is 105 Å². The van der Waals surface area contributed by atoms with Crippen molar-refractivity contribution in [1.82, 2.24) is 0 Å². The van der Waals surface area contributed by atoms with Crippen LogP contribution in [0.25, 0.3) is 0 Å². The van der Waals surface area contributed by atoms with Crippen molar-refractivity contribution in [3.63, 3.8) is 0 Å². The smallest absolute Gasteiger partial charge is 1.00 e. The molecule has 12 heavy (non-hydrogen) atoms. The van der Waals surface area contributed by atoms with Crippen LogP contribution in [0.15, 0.2) is 0 Å². The van der Waals surface area contributed by atoms with Crippen molar-refractivity contribution < 1.29 is 17.0 Å². The zero-order valence-electron chi connectivity index (χ0n) is 9.32. The van der Waals surface area contributed by atoms with Crippen LogP contribution in [0.2, 0.25) is 0 Å². The minimum atomic E-state index is 0. The Kier molecular flexibility index (Phi) is 13.9. The Hall–Kier alpha value is 1.25. The fourth-order valence-electron chi connectivity index (χ4n) is 1.05. The van der Waals surface area contributed by atoms with E-state index in [1.807, 2.05) is 0 Å². The predicted octanol–water partition coefficient (Wildman–Crippen LogP) is 0.152. The molecule has 0 aromatic carbocycles. The van der Waals surface area contributed by atoms with Crippen molar-refractivity contribution in [2.75, 3.05) is 0 Å². The van der Waals surface area contributed by atoms with Gasteiger partial charge in [0, 0.05) is 0 Å². The SMILES string of the molecule is C[C-](C(C)C)C(C)C(C)C.[Br-].[Mg+2]. The van der Waals surface area contributed by atoms with E-state index < -0.39 is 0 Å². The summed E-state index contributed by atoms with van der Waals surface area (Å²) in [6, 6.07) is 0. The Morgan fingerprint density at radius 2 is 1.25 bits per heavy atom. The molecular weight excluding hydrogens is 224 g/mol.